The number of hydrogen-bond acceptors (Lipinski definition) is 1. The van der Waals surface area contributed by atoms with Gasteiger partial charge < -0.3 is 4.90 Å². The summed E-state index contributed by atoms with van der Waals surface area (Å²) in [5.41, 5.74) is 2.39. The van der Waals surface area contributed by atoms with Crippen molar-refractivity contribution in [3.8, 4) is 0 Å². The molecule has 1 fully saturated rings. The van der Waals surface area contributed by atoms with E-state index < -0.39 is 0 Å². The molecule has 1 aliphatic carbocycles. The normalized spacial score (nSPS) is 16.1. The first-order valence-corrected chi connectivity index (χ1v) is 6.46. The van der Waals surface area contributed by atoms with Crippen molar-refractivity contribution in [1.82, 2.24) is 4.90 Å². The Labute approximate surface area is 99.7 Å². The van der Waals surface area contributed by atoms with Crippen molar-refractivity contribution in [3.05, 3.63) is 11.1 Å². The van der Waals surface area contributed by atoms with Crippen LogP contribution in [-0.4, -0.2) is 22.9 Å². The molecule has 1 amide bonds. The maximum atomic E-state index is 12.4. The molecule has 0 aromatic carbocycles. The molecule has 92 valence electrons. The van der Waals surface area contributed by atoms with Crippen LogP contribution in [0.3, 0.4) is 0 Å². The van der Waals surface area contributed by atoms with Gasteiger partial charge in [0.15, 0.2) is 0 Å². The Balaban J connectivity index is 2.86. The van der Waals surface area contributed by atoms with Gasteiger partial charge in [-0.3, -0.25) is 4.79 Å². The summed E-state index contributed by atoms with van der Waals surface area (Å²) in [7, 11) is 0. The third-order valence-electron chi connectivity index (χ3n) is 3.41. The number of amides is 1. The van der Waals surface area contributed by atoms with Crippen LogP contribution in [0.25, 0.3) is 0 Å². The molecule has 1 saturated carbocycles. The van der Waals surface area contributed by atoms with E-state index in [0.717, 1.165) is 18.4 Å². The van der Waals surface area contributed by atoms with Gasteiger partial charge in [0.1, 0.15) is 0 Å². The van der Waals surface area contributed by atoms with Gasteiger partial charge in [-0.1, -0.05) is 5.57 Å². The summed E-state index contributed by atoms with van der Waals surface area (Å²) >= 11 is 0. The van der Waals surface area contributed by atoms with E-state index in [0.29, 0.717) is 0 Å². The first-order chi connectivity index (χ1) is 7.45. The lowest BCUT2D eigenvalue weighted by molar-refractivity contribution is -0.130. The number of carbonyl (C=O) groups is 1. The molecule has 2 heteroatoms. The SMILES string of the molecule is CC(C(=O)N(C(C)C)C(C)C)=C1CCCC1. The summed E-state index contributed by atoms with van der Waals surface area (Å²) in [6.07, 6.45) is 4.76. The Hall–Kier alpha value is -0.790. The van der Waals surface area contributed by atoms with E-state index in [-0.39, 0.29) is 18.0 Å². The first-order valence-electron chi connectivity index (χ1n) is 6.46. The predicted molar refractivity (Wildman–Crippen MR) is 68.3 cm³/mol. The van der Waals surface area contributed by atoms with Crippen molar-refractivity contribution in [3.63, 3.8) is 0 Å². The molecule has 0 aromatic heterocycles. The third kappa shape index (κ3) is 2.87. The highest BCUT2D eigenvalue weighted by Crippen LogP contribution is 2.28. The zero-order valence-electron chi connectivity index (χ0n) is 11.3. The molecule has 0 aromatic rings. The van der Waals surface area contributed by atoms with Crippen LogP contribution in [0.5, 0.6) is 0 Å². The monoisotopic (exact) mass is 223 g/mol. The van der Waals surface area contributed by atoms with Crippen LogP contribution in [-0.2, 0) is 4.79 Å². The maximum Gasteiger partial charge on any atom is 0.249 e. The highest BCUT2D eigenvalue weighted by molar-refractivity contribution is 5.94. The number of nitrogens with zero attached hydrogens (tertiary/aromatic N) is 1. The molecule has 0 atom stereocenters. The van der Waals surface area contributed by atoms with Gasteiger partial charge >= 0.3 is 0 Å². The van der Waals surface area contributed by atoms with E-state index in [9.17, 15) is 4.79 Å². The standard InChI is InChI=1S/C14H25NO/c1-10(2)15(11(3)4)14(16)12(5)13-8-6-7-9-13/h10-11H,6-9H2,1-5H3. The lowest BCUT2D eigenvalue weighted by Gasteiger charge is -2.31. The molecule has 0 bridgehead atoms. The molecule has 0 saturated heterocycles. The highest BCUT2D eigenvalue weighted by atomic mass is 16.2. The number of allylic oxidation sites excluding steroid dienone is 1. The first kappa shape index (κ1) is 13.3. The van der Waals surface area contributed by atoms with Crippen LogP contribution in [0.1, 0.15) is 60.3 Å². The number of rotatable bonds is 3. The molecular weight excluding hydrogens is 198 g/mol. The quantitative estimate of drug-likeness (QED) is 0.670. The van der Waals surface area contributed by atoms with Gasteiger partial charge in [-0.05, 0) is 60.3 Å². The maximum absolute atomic E-state index is 12.4. The van der Waals surface area contributed by atoms with Gasteiger partial charge in [-0.25, -0.2) is 0 Å². The second kappa shape index (κ2) is 5.51. The molecule has 1 rings (SSSR count). The Morgan fingerprint density at radius 2 is 1.50 bits per heavy atom. The summed E-state index contributed by atoms with van der Waals surface area (Å²) in [5, 5.41) is 0. The largest absolute Gasteiger partial charge is 0.334 e. The minimum Gasteiger partial charge on any atom is -0.334 e. The van der Waals surface area contributed by atoms with Crippen molar-refractivity contribution in [1.29, 1.82) is 0 Å². The molecule has 0 aliphatic heterocycles. The molecule has 16 heavy (non-hydrogen) atoms. The van der Waals surface area contributed by atoms with Crippen LogP contribution < -0.4 is 0 Å². The minimum atomic E-state index is 0.238. The zero-order chi connectivity index (χ0) is 12.3. The van der Waals surface area contributed by atoms with E-state index in [1.165, 1.54) is 18.4 Å². The number of carbonyl (C=O) groups excluding carboxylic acids is 1. The Kier molecular flexibility index (Phi) is 4.57. The molecule has 0 radical (unpaired) electrons. The fourth-order valence-electron chi connectivity index (χ4n) is 2.59. The second-order valence-electron chi connectivity index (χ2n) is 5.34. The molecular formula is C14H25NO. The topological polar surface area (TPSA) is 20.3 Å². The van der Waals surface area contributed by atoms with Crippen molar-refractivity contribution in [2.75, 3.05) is 0 Å². The summed E-state index contributed by atoms with van der Waals surface area (Å²) in [6.45, 7) is 10.4. The van der Waals surface area contributed by atoms with Crippen LogP contribution in [0.15, 0.2) is 11.1 Å². The fourth-order valence-corrected chi connectivity index (χ4v) is 2.59. The third-order valence-corrected chi connectivity index (χ3v) is 3.41. The summed E-state index contributed by atoms with van der Waals surface area (Å²) in [6, 6.07) is 0.564. The van der Waals surface area contributed by atoms with Gasteiger partial charge in [-0.15, -0.1) is 0 Å². The van der Waals surface area contributed by atoms with Gasteiger partial charge in [0.2, 0.25) is 5.91 Å². The average Bonchev–Trinajstić information content (AvgIpc) is 2.67. The lowest BCUT2D eigenvalue weighted by atomic mass is 10.1. The molecule has 0 spiro atoms. The van der Waals surface area contributed by atoms with Gasteiger partial charge in [0.05, 0.1) is 0 Å². The Bertz CT molecular complexity index is 273. The minimum absolute atomic E-state index is 0.238. The Morgan fingerprint density at radius 1 is 1.06 bits per heavy atom. The Morgan fingerprint density at radius 3 is 1.88 bits per heavy atom. The van der Waals surface area contributed by atoms with E-state index in [2.05, 4.69) is 27.7 Å². The zero-order valence-corrected chi connectivity index (χ0v) is 11.3. The van der Waals surface area contributed by atoms with Gasteiger partial charge in [0, 0.05) is 17.7 Å². The van der Waals surface area contributed by atoms with Crippen molar-refractivity contribution in [2.24, 2.45) is 0 Å². The van der Waals surface area contributed by atoms with Gasteiger partial charge in [-0.2, -0.15) is 0 Å². The van der Waals surface area contributed by atoms with E-state index >= 15 is 0 Å². The number of hydrogen-bond donors (Lipinski definition) is 0. The second-order valence-corrected chi connectivity index (χ2v) is 5.34. The van der Waals surface area contributed by atoms with E-state index in [1.54, 1.807) is 0 Å². The summed E-state index contributed by atoms with van der Waals surface area (Å²) in [5.74, 6) is 0.238. The predicted octanol–water partition coefficient (Wildman–Crippen LogP) is 3.52. The van der Waals surface area contributed by atoms with Crippen molar-refractivity contribution < 1.29 is 4.79 Å². The average molecular weight is 223 g/mol. The van der Waals surface area contributed by atoms with E-state index in [1.807, 2.05) is 11.8 Å². The molecule has 0 unspecified atom stereocenters. The highest BCUT2D eigenvalue weighted by Gasteiger charge is 2.23. The van der Waals surface area contributed by atoms with E-state index in [4.69, 9.17) is 0 Å². The summed E-state index contributed by atoms with van der Waals surface area (Å²) in [4.78, 5) is 14.4. The fraction of sp³-hybridized carbons (Fsp3) is 0.786. The summed E-state index contributed by atoms with van der Waals surface area (Å²) < 4.78 is 0. The molecule has 0 heterocycles. The smallest absolute Gasteiger partial charge is 0.249 e. The van der Waals surface area contributed by atoms with Crippen LogP contribution in [0, 0.1) is 0 Å². The molecule has 1 aliphatic rings. The molecule has 0 N–H and O–H groups in total. The van der Waals surface area contributed by atoms with Crippen LogP contribution in [0.4, 0.5) is 0 Å². The van der Waals surface area contributed by atoms with Crippen LogP contribution >= 0.6 is 0 Å². The van der Waals surface area contributed by atoms with Crippen molar-refractivity contribution in [2.45, 2.75) is 72.4 Å². The van der Waals surface area contributed by atoms with Gasteiger partial charge in [0.25, 0.3) is 0 Å². The molecule has 2 nitrogen and oxygen atoms in total. The lowest BCUT2D eigenvalue weighted by Crippen LogP contribution is -2.42. The van der Waals surface area contributed by atoms with Crippen molar-refractivity contribution >= 4 is 5.91 Å². The van der Waals surface area contributed by atoms with Crippen LogP contribution in [0.2, 0.25) is 0 Å².